The Bertz CT molecular complexity index is 416. The summed E-state index contributed by atoms with van der Waals surface area (Å²) in [6.45, 7) is 0.560. The Morgan fingerprint density at radius 1 is 1.45 bits per heavy atom. The van der Waals surface area contributed by atoms with E-state index >= 15 is 0 Å². The van der Waals surface area contributed by atoms with Gasteiger partial charge in [-0.2, -0.15) is 0 Å². The molecule has 1 aliphatic heterocycles. The second-order valence-corrected chi connectivity index (χ2v) is 4.69. The maximum Gasteiger partial charge on any atom is 0.262 e. The fourth-order valence-corrected chi connectivity index (χ4v) is 2.04. The van der Waals surface area contributed by atoms with Crippen molar-refractivity contribution >= 4 is 5.91 Å². The van der Waals surface area contributed by atoms with Crippen LogP contribution in [0.3, 0.4) is 0 Å². The number of ether oxygens (including phenoxy) is 1. The number of carbonyl (C=O) groups is 1. The summed E-state index contributed by atoms with van der Waals surface area (Å²) >= 11 is 0. The molecule has 1 fully saturated rings. The number of aliphatic hydroxyl groups is 5. The van der Waals surface area contributed by atoms with Crippen LogP contribution in [0.5, 0.6) is 0 Å². The van der Waals surface area contributed by atoms with Gasteiger partial charge in [-0.1, -0.05) is 0 Å². The van der Waals surface area contributed by atoms with Gasteiger partial charge in [0.1, 0.15) is 18.3 Å². The molecular weight excluding hydrogens is 272 g/mol. The number of likely N-dealkylation sites (N-methyl/N-ethyl adjacent to an activating group) is 1. The van der Waals surface area contributed by atoms with Crippen molar-refractivity contribution in [2.75, 3.05) is 13.7 Å². The van der Waals surface area contributed by atoms with Crippen molar-refractivity contribution in [1.82, 2.24) is 5.32 Å². The molecule has 9 nitrogen and oxygen atoms in total. The van der Waals surface area contributed by atoms with Gasteiger partial charge in [0.25, 0.3) is 5.91 Å². The molecule has 0 bridgehead atoms. The van der Waals surface area contributed by atoms with Crippen molar-refractivity contribution in [2.45, 2.75) is 36.7 Å². The second-order valence-electron chi connectivity index (χ2n) is 4.69. The van der Waals surface area contributed by atoms with Crippen molar-refractivity contribution in [1.29, 1.82) is 0 Å². The van der Waals surface area contributed by atoms with E-state index in [9.17, 15) is 25.2 Å². The summed E-state index contributed by atoms with van der Waals surface area (Å²) in [5.41, 5.74) is 2.33. The first-order valence-corrected chi connectivity index (χ1v) is 5.90. The number of carbonyl (C=O) groups excluding carboxylic acids is 1. The van der Waals surface area contributed by atoms with E-state index in [0.29, 0.717) is 0 Å². The Kier molecular flexibility index (Phi) is 4.87. The summed E-state index contributed by atoms with van der Waals surface area (Å²) in [6.07, 6.45) is -4.14. The third-order valence-corrected chi connectivity index (χ3v) is 3.36. The molecular formula is C11H20N2O7. The van der Waals surface area contributed by atoms with Crippen molar-refractivity contribution in [3.63, 3.8) is 0 Å². The van der Waals surface area contributed by atoms with Crippen LogP contribution in [-0.4, -0.2) is 74.9 Å². The summed E-state index contributed by atoms with van der Waals surface area (Å²) in [4.78, 5) is 11.0. The summed E-state index contributed by atoms with van der Waals surface area (Å²) in [6, 6.07) is 0. The van der Waals surface area contributed by atoms with E-state index in [1.807, 2.05) is 0 Å². The second kappa shape index (κ2) is 5.74. The predicted molar refractivity (Wildman–Crippen MR) is 65.9 cm³/mol. The molecule has 0 aromatic carbocycles. The van der Waals surface area contributed by atoms with Crippen LogP contribution >= 0.6 is 0 Å². The minimum Gasteiger partial charge on any atom is -0.394 e. The van der Waals surface area contributed by atoms with Crippen LogP contribution in [0.4, 0.5) is 0 Å². The Labute approximate surface area is 115 Å². The molecule has 9 heteroatoms. The number of hydrogen-bond acceptors (Lipinski definition) is 8. The highest BCUT2D eigenvalue weighted by atomic mass is 16.7. The van der Waals surface area contributed by atoms with Gasteiger partial charge < -0.3 is 36.0 Å². The molecule has 0 aromatic heterocycles. The number of rotatable bonds is 4. The fourth-order valence-electron chi connectivity index (χ4n) is 2.04. The lowest BCUT2D eigenvalue weighted by Crippen LogP contribution is -2.76. The van der Waals surface area contributed by atoms with Gasteiger partial charge in [0.15, 0.2) is 5.60 Å². The van der Waals surface area contributed by atoms with Crippen LogP contribution in [0, 0.1) is 0 Å². The molecule has 0 aliphatic carbocycles. The molecule has 1 saturated heterocycles. The van der Waals surface area contributed by atoms with E-state index in [-0.39, 0.29) is 5.57 Å². The molecule has 0 spiro atoms. The maximum absolute atomic E-state index is 11.0. The van der Waals surface area contributed by atoms with E-state index in [0.717, 1.165) is 6.08 Å². The molecule has 0 radical (unpaired) electrons. The molecule has 1 amide bonds. The largest absolute Gasteiger partial charge is 0.394 e. The van der Waals surface area contributed by atoms with E-state index in [4.69, 9.17) is 15.6 Å². The highest BCUT2D eigenvalue weighted by Crippen LogP contribution is 2.36. The van der Waals surface area contributed by atoms with Crippen molar-refractivity contribution in [2.24, 2.45) is 5.73 Å². The van der Waals surface area contributed by atoms with Crippen LogP contribution in [0.1, 0.15) is 6.92 Å². The molecule has 1 aliphatic rings. The van der Waals surface area contributed by atoms with Gasteiger partial charge in [-0.3, -0.25) is 10.1 Å². The van der Waals surface area contributed by atoms with Gasteiger partial charge in [0.2, 0.25) is 5.91 Å². The average molecular weight is 292 g/mol. The third-order valence-electron chi connectivity index (χ3n) is 3.36. The zero-order valence-electron chi connectivity index (χ0n) is 11.1. The Balaban J connectivity index is 3.32. The van der Waals surface area contributed by atoms with Crippen LogP contribution in [0.15, 0.2) is 11.6 Å². The molecule has 5 atom stereocenters. The minimum atomic E-state index is -2.55. The summed E-state index contributed by atoms with van der Waals surface area (Å²) in [7, 11) is 1.22. The molecule has 0 aromatic rings. The van der Waals surface area contributed by atoms with Crippen LogP contribution < -0.4 is 11.1 Å². The number of nitrogens with two attached hydrogens (primary N) is 1. The lowest BCUT2D eigenvalue weighted by molar-refractivity contribution is -0.385. The SMILES string of the molecule is CNC1(O)O[C@H](CO)[C@@H](O)[C@H](O)[C@]1(O)/C=C(\C)C(N)=O. The number of hydrogen-bond donors (Lipinski definition) is 7. The van der Waals surface area contributed by atoms with Crippen LogP contribution in [-0.2, 0) is 9.53 Å². The first kappa shape index (κ1) is 17.0. The number of amides is 1. The number of primary amides is 1. The lowest BCUT2D eigenvalue weighted by atomic mass is 9.82. The van der Waals surface area contributed by atoms with Crippen molar-refractivity contribution in [3.8, 4) is 0 Å². The van der Waals surface area contributed by atoms with Gasteiger partial charge in [-0.15, -0.1) is 0 Å². The monoisotopic (exact) mass is 292 g/mol. The van der Waals surface area contributed by atoms with Crippen LogP contribution in [0.25, 0.3) is 0 Å². The van der Waals surface area contributed by atoms with Gasteiger partial charge >= 0.3 is 0 Å². The van der Waals surface area contributed by atoms with E-state index in [1.54, 1.807) is 0 Å². The zero-order chi connectivity index (χ0) is 15.7. The highest BCUT2D eigenvalue weighted by molar-refractivity contribution is 5.91. The Hall–Kier alpha value is -1.07. The summed E-state index contributed by atoms with van der Waals surface area (Å²) < 4.78 is 4.99. The molecule has 1 heterocycles. The van der Waals surface area contributed by atoms with E-state index in [1.165, 1.54) is 14.0 Å². The predicted octanol–water partition coefficient (Wildman–Crippen LogP) is -3.87. The fraction of sp³-hybridized carbons (Fsp3) is 0.727. The van der Waals surface area contributed by atoms with E-state index in [2.05, 4.69) is 5.32 Å². The number of aliphatic hydroxyl groups excluding tert-OH is 3. The third kappa shape index (κ3) is 2.56. The quantitative estimate of drug-likeness (QED) is 0.204. The van der Waals surface area contributed by atoms with Crippen LogP contribution in [0.2, 0.25) is 0 Å². The average Bonchev–Trinajstić information content (AvgIpc) is 2.40. The van der Waals surface area contributed by atoms with Crippen molar-refractivity contribution < 1.29 is 35.1 Å². The highest BCUT2D eigenvalue weighted by Gasteiger charge is 2.62. The van der Waals surface area contributed by atoms with Gasteiger partial charge in [-0.25, -0.2) is 0 Å². The smallest absolute Gasteiger partial charge is 0.262 e. The van der Waals surface area contributed by atoms with E-state index < -0.39 is 42.3 Å². The molecule has 20 heavy (non-hydrogen) atoms. The molecule has 1 unspecified atom stereocenters. The zero-order valence-corrected chi connectivity index (χ0v) is 11.1. The molecule has 0 saturated carbocycles. The topological polar surface area (TPSA) is 166 Å². The Morgan fingerprint density at radius 3 is 2.40 bits per heavy atom. The van der Waals surface area contributed by atoms with Crippen molar-refractivity contribution in [3.05, 3.63) is 11.6 Å². The first-order chi connectivity index (χ1) is 9.13. The lowest BCUT2D eigenvalue weighted by Gasteiger charge is -2.51. The first-order valence-electron chi connectivity index (χ1n) is 5.90. The minimum absolute atomic E-state index is 0.154. The van der Waals surface area contributed by atoms with Gasteiger partial charge in [-0.05, 0) is 20.0 Å². The summed E-state index contributed by atoms with van der Waals surface area (Å²) in [5.74, 6) is -3.42. The normalized spacial score (nSPS) is 42.5. The summed E-state index contributed by atoms with van der Waals surface area (Å²) in [5, 5.41) is 51.8. The standard InChI is InChI=1S/C11H20N2O7/c1-5(9(12)17)3-10(18)8(16)7(15)6(4-14)20-11(10,19)13-2/h3,6-8,13-16,18-19H,4H2,1-2H3,(H2,12,17)/b5-3+/t6-,7-,8+,10-,11?/m1/s1. The maximum atomic E-state index is 11.0. The van der Waals surface area contributed by atoms with Gasteiger partial charge in [0, 0.05) is 5.57 Å². The molecule has 1 rings (SSSR count). The Morgan fingerprint density at radius 2 is 2.00 bits per heavy atom. The molecule has 8 N–H and O–H groups in total. The number of nitrogens with one attached hydrogen (secondary N) is 1. The molecule has 116 valence electrons. The van der Waals surface area contributed by atoms with Gasteiger partial charge in [0.05, 0.1) is 6.61 Å².